The molecule has 0 aromatic carbocycles. The third-order valence-electron chi connectivity index (χ3n) is 2.03. The van der Waals surface area contributed by atoms with Crippen LogP contribution < -0.4 is 5.73 Å². The van der Waals surface area contributed by atoms with E-state index in [0.717, 1.165) is 18.4 Å². The third kappa shape index (κ3) is 5.75. The number of likely N-dealkylation sites (N-methyl/N-ethyl adjacent to an activating group) is 1. The molecule has 0 radical (unpaired) electrons. The quantitative estimate of drug-likeness (QED) is 0.658. The van der Waals surface area contributed by atoms with Gasteiger partial charge < -0.3 is 10.6 Å². The Morgan fingerprint density at radius 2 is 2.14 bits per heavy atom. The molecule has 1 amide bonds. The highest BCUT2D eigenvalue weighted by Crippen LogP contribution is 2.02. The smallest absolute Gasteiger partial charge is 0.224 e. The highest BCUT2D eigenvalue weighted by atomic mass is 16.2. The number of amides is 1. The van der Waals surface area contributed by atoms with Crippen LogP contribution in [0.25, 0.3) is 0 Å². The van der Waals surface area contributed by atoms with Crippen LogP contribution in [0.3, 0.4) is 0 Å². The van der Waals surface area contributed by atoms with Gasteiger partial charge in [0.05, 0.1) is 0 Å². The molecule has 0 aliphatic carbocycles. The molecule has 0 aliphatic heterocycles. The Kier molecular flexibility index (Phi) is 6.21. The number of rotatable bonds is 6. The van der Waals surface area contributed by atoms with Crippen molar-refractivity contribution in [2.75, 3.05) is 13.6 Å². The maximum absolute atomic E-state index is 11.6. The largest absolute Gasteiger partial charge is 0.342 e. The van der Waals surface area contributed by atoms with E-state index in [1.165, 1.54) is 0 Å². The molecule has 0 aliphatic rings. The van der Waals surface area contributed by atoms with Crippen LogP contribution >= 0.6 is 0 Å². The van der Waals surface area contributed by atoms with E-state index in [1.807, 2.05) is 6.92 Å². The van der Waals surface area contributed by atoms with Gasteiger partial charge in [-0.2, -0.15) is 0 Å². The first kappa shape index (κ1) is 13.2. The number of nitrogens with zero attached hydrogens (tertiary/aromatic N) is 1. The van der Waals surface area contributed by atoms with Crippen LogP contribution in [0.4, 0.5) is 0 Å². The van der Waals surface area contributed by atoms with Crippen molar-refractivity contribution in [1.29, 1.82) is 0 Å². The van der Waals surface area contributed by atoms with Crippen molar-refractivity contribution >= 4 is 5.91 Å². The maximum Gasteiger partial charge on any atom is 0.224 e. The molecule has 0 rings (SSSR count). The van der Waals surface area contributed by atoms with Crippen molar-refractivity contribution in [3.63, 3.8) is 0 Å². The molecule has 3 heteroatoms. The lowest BCUT2D eigenvalue weighted by Gasteiger charge is -2.19. The Hall–Kier alpha value is -0.830. The average molecular weight is 198 g/mol. The van der Waals surface area contributed by atoms with Crippen LogP contribution in [0.2, 0.25) is 0 Å². The van der Waals surface area contributed by atoms with Crippen LogP contribution in [-0.4, -0.2) is 30.4 Å². The minimum absolute atomic E-state index is 0.0000661. The molecule has 3 nitrogen and oxygen atoms in total. The van der Waals surface area contributed by atoms with E-state index in [1.54, 1.807) is 11.9 Å². The molecule has 0 heterocycles. The molecule has 0 aromatic rings. The number of carbonyl (C=O) groups is 1. The second-order valence-corrected chi connectivity index (χ2v) is 3.96. The van der Waals surface area contributed by atoms with E-state index in [9.17, 15) is 4.79 Å². The molecule has 2 N–H and O–H groups in total. The standard InChI is InChI=1S/C11H22N2O/c1-5-6-10(12)7-11(14)13(4)8-9(2)3/h10H,2,5-8,12H2,1,3-4H3. The van der Waals surface area contributed by atoms with Gasteiger partial charge in [0.2, 0.25) is 5.91 Å². The predicted molar refractivity (Wildman–Crippen MR) is 60.0 cm³/mol. The van der Waals surface area contributed by atoms with E-state index in [2.05, 4.69) is 13.5 Å². The van der Waals surface area contributed by atoms with Crippen LogP contribution in [-0.2, 0) is 4.79 Å². The van der Waals surface area contributed by atoms with E-state index in [4.69, 9.17) is 5.73 Å². The zero-order chi connectivity index (χ0) is 11.1. The maximum atomic E-state index is 11.6. The summed E-state index contributed by atoms with van der Waals surface area (Å²) in [6, 6.07) is 0.0000661. The lowest BCUT2D eigenvalue weighted by atomic mass is 10.1. The van der Waals surface area contributed by atoms with Gasteiger partial charge in [0, 0.05) is 26.1 Å². The van der Waals surface area contributed by atoms with Gasteiger partial charge in [0.25, 0.3) is 0 Å². The van der Waals surface area contributed by atoms with E-state index in [-0.39, 0.29) is 11.9 Å². The minimum Gasteiger partial charge on any atom is -0.342 e. The molecule has 0 aromatic heterocycles. The molecular weight excluding hydrogens is 176 g/mol. The summed E-state index contributed by atoms with van der Waals surface area (Å²) in [7, 11) is 1.79. The molecule has 82 valence electrons. The summed E-state index contributed by atoms with van der Waals surface area (Å²) in [5, 5.41) is 0. The first-order valence-electron chi connectivity index (χ1n) is 5.11. The molecular formula is C11H22N2O. The zero-order valence-corrected chi connectivity index (χ0v) is 9.55. The van der Waals surface area contributed by atoms with Crippen molar-refractivity contribution in [1.82, 2.24) is 4.90 Å². The molecule has 1 unspecified atom stereocenters. The Morgan fingerprint density at radius 3 is 2.57 bits per heavy atom. The third-order valence-corrected chi connectivity index (χ3v) is 2.03. The second-order valence-electron chi connectivity index (χ2n) is 3.96. The van der Waals surface area contributed by atoms with Gasteiger partial charge >= 0.3 is 0 Å². The molecule has 0 saturated heterocycles. The molecule has 0 fully saturated rings. The van der Waals surface area contributed by atoms with Gasteiger partial charge in [0.1, 0.15) is 0 Å². The van der Waals surface area contributed by atoms with Crippen molar-refractivity contribution in [3.05, 3.63) is 12.2 Å². The number of nitrogens with two attached hydrogens (primary N) is 1. The first-order valence-corrected chi connectivity index (χ1v) is 5.11. The van der Waals surface area contributed by atoms with Crippen molar-refractivity contribution in [3.8, 4) is 0 Å². The van der Waals surface area contributed by atoms with E-state index >= 15 is 0 Å². The summed E-state index contributed by atoms with van der Waals surface area (Å²) in [5.74, 6) is 0.106. The molecule has 1 atom stereocenters. The Morgan fingerprint density at radius 1 is 1.57 bits per heavy atom. The van der Waals surface area contributed by atoms with Crippen LogP contribution in [0.1, 0.15) is 33.1 Å². The number of hydrogen-bond donors (Lipinski definition) is 1. The lowest BCUT2D eigenvalue weighted by molar-refractivity contribution is -0.129. The van der Waals surface area contributed by atoms with E-state index in [0.29, 0.717) is 13.0 Å². The highest BCUT2D eigenvalue weighted by molar-refractivity contribution is 5.76. The summed E-state index contributed by atoms with van der Waals surface area (Å²) in [6.07, 6.45) is 2.38. The molecule has 14 heavy (non-hydrogen) atoms. The number of hydrogen-bond acceptors (Lipinski definition) is 2. The Labute approximate surface area is 87.0 Å². The van der Waals surface area contributed by atoms with Gasteiger partial charge in [0.15, 0.2) is 0 Å². The summed E-state index contributed by atoms with van der Waals surface area (Å²) >= 11 is 0. The SMILES string of the molecule is C=C(C)CN(C)C(=O)CC(N)CCC. The van der Waals surface area contributed by atoms with Crippen molar-refractivity contribution in [2.24, 2.45) is 5.73 Å². The Balaban J connectivity index is 3.88. The topological polar surface area (TPSA) is 46.3 Å². The second kappa shape index (κ2) is 6.60. The van der Waals surface area contributed by atoms with Gasteiger partial charge in [-0.1, -0.05) is 25.5 Å². The summed E-state index contributed by atoms with van der Waals surface area (Å²) < 4.78 is 0. The highest BCUT2D eigenvalue weighted by Gasteiger charge is 2.12. The fourth-order valence-corrected chi connectivity index (χ4v) is 1.35. The number of carbonyl (C=O) groups excluding carboxylic acids is 1. The van der Waals surface area contributed by atoms with Crippen LogP contribution in [0, 0.1) is 0 Å². The van der Waals surface area contributed by atoms with Gasteiger partial charge in [-0.3, -0.25) is 4.79 Å². The predicted octanol–water partition coefficient (Wildman–Crippen LogP) is 1.54. The van der Waals surface area contributed by atoms with Gasteiger partial charge in [-0.15, -0.1) is 0 Å². The molecule has 0 spiro atoms. The normalized spacial score (nSPS) is 12.3. The summed E-state index contributed by atoms with van der Waals surface area (Å²) in [4.78, 5) is 13.2. The molecule has 0 bridgehead atoms. The fraction of sp³-hybridized carbons (Fsp3) is 0.727. The average Bonchev–Trinajstić information content (AvgIpc) is 2.02. The van der Waals surface area contributed by atoms with Crippen molar-refractivity contribution in [2.45, 2.75) is 39.2 Å². The minimum atomic E-state index is 0.0000661. The first-order chi connectivity index (χ1) is 6.47. The van der Waals surface area contributed by atoms with Crippen LogP contribution in [0.15, 0.2) is 12.2 Å². The fourth-order valence-electron chi connectivity index (χ4n) is 1.35. The van der Waals surface area contributed by atoms with Gasteiger partial charge in [-0.05, 0) is 13.3 Å². The van der Waals surface area contributed by atoms with E-state index < -0.39 is 0 Å². The lowest BCUT2D eigenvalue weighted by Crippen LogP contribution is -2.34. The van der Waals surface area contributed by atoms with Crippen LogP contribution in [0.5, 0.6) is 0 Å². The Bertz CT molecular complexity index is 201. The van der Waals surface area contributed by atoms with Crippen molar-refractivity contribution < 1.29 is 4.79 Å². The monoisotopic (exact) mass is 198 g/mol. The summed E-state index contributed by atoms with van der Waals surface area (Å²) in [6.45, 7) is 8.37. The molecule has 0 saturated carbocycles. The summed E-state index contributed by atoms with van der Waals surface area (Å²) in [5.41, 5.74) is 6.77. The van der Waals surface area contributed by atoms with Gasteiger partial charge in [-0.25, -0.2) is 0 Å². The zero-order valence-electron chi connectivity index (χ0n) is 9.55.